The summed E-state index contributed by atoms with van der Waals surface area (Å²) in [4.78, 5) is 23.5. The van der Waals surface area contributed by atoms with Crippen LogP contribution in [0.2, 0.25) is 10.0 Å². The number of pyridine rings is 2. The summed E-state index contributed by atoms with van der Waals surface area (Å²) in [5, 5.41) is 9.61. The van der Waals surface area contributed by atoms with Gasteiger partial charge in [0.05, 0.1) is 21.5 Å². The molecule has 2 aliphatic rings. The molecule has 0 atom stereocenters. The Morgan fingerprint density at radius 2 is 1.94 bits per heavy atom. The lowest BCUT2D eigenvalue weighted by Crippen LogP contribution is -2.72. The predicted molar refractivity (Wildman–Crippen MR) is 137 cm³/mol. The summed E-state index contributed by atoms with van der Waals surface area (Å²) in [7, 11) is 0. The highest BCUT2D eigenvalue weighted by Gasteiger charge is 2.51. The molecule has 3 N–H and O–H groups in total. The Labute approximate surface area is 213 Å². The van der Waals surface area contributed by atoms with E-state index in [1.807, 2.05) is 12.1 Å². The van der Waals surface area contributed by atoms with Crippen molar-refractivity contribution < 1.29 is 9.53 Å². The molecule has 1 spiro atoms. The van der Waals surface area contributed by atoms with E-state index in [-0.39, 0.29) is 17.7 Å². The van der Waals surface area contributed by atoms with Crippen LogP contribution in [0.5, 0.6) is 5.75 Å². The van der Waals surface area contributed by atoms with E-state index in [1.165, 1.54) is 0 Å². The van der Waals surface area contributed by atoms with Crippen LogP contribution in [-0.4, -0.2) is 53.2 Å². The number of carbonyl (C=O) groups is 1. The number of anilines is 2. The number of rotatable bonds is 7. The minimum absolute atomic E-state index is 0.163. The highest BCUT2D eigenvalue weighted by Crippen LogP contribution is 2.40. The summed E-state index contributed by atoms with van der Waals surface area (Å²) < 4.78 is 5.92. The number of carbonyl (C=O) groups excluding carboxylic acids is 1. The molecule has 4 heterocycles. The highest BCUT2D eigenvalue weighted by molar-refractivity contribution is 6.36. The maximum Gasteiger partial charge on any atom is 0.209 e. The molecule has 1 aromatic carbocycles. The third-order valence-corrected chi connectivity index (χ3v) is 7.39. The highest BCUT2D eigenvalue weighted by atomic mass is 35.5. The summed E-state index contributed by atoms with van der Waals surface area (Å²) in [6.07, 6.45) is 4.14. The SMILES string of the molecule is Cc1ncc(Cl)c(COc2ccc(N)c(C(=N)c3ccc(N4CC5(CN(C=O)C5)C4)nc3)c2)c1Cl. The van der Waals surface area contributed by atoms with Gasteiger partial charge in [-0.2, -0.15) is 0 Å². The van der Waals surface area contributed by atoms with E-state index in [2.05, 4.69) is 14.9 Å². The molecule has 0 bridgehead atoms. The van der Waals surface area contributed by atoms with Gasteiger partial charge in [0.15, 0.2) is 0 Å². The number of aryl methyl sites for hydroxylation is 1. The number of likely N-dealkylation sites (tertiary alicyclic amines) is 1. The van der Waals surface area contributed by atoms with E-state index in [9.17, 15) is 4.79 Å². The molecule has 2 aliphatic heterocycles. The Kier molecular flexibility index (Phi) is 6.02. The molecular weight excluding hydrogens is 487 g/mol. The Morgan fingerprint density at radius 1 is 1.17 bits per heavy atom. The fraction of sp³-hybridized carbons (Fsp3) is 0.280. The first-order valence-corrected chi connectivity index (χ1v) is 11.9. The topological polar surface area (TPSA) is 108 Å². The fourth-order valence-electron chi connectivity index (χ4n) is 4.63. The number of ether oxygens (including phenoxy) is 1. The number of aromatic nitrogens is 2. The van der Waals surface area contributed by atoms with E-state index in [1.54, 1.807) is 42.4 Å². The van der Waals surface area contributed by atoms with Crippen molar-refractivity contribution in [2.24, 2.45) is 5.41 Å². The lowest BCUT2D eigenvalue weighted by atomic mass is 9.73. The van der Waals surface area contributed by atoms with Crippen molar-refractivity contribution >= 4 is 46.8 Å². The van der Waals surface area contributed by atoms with Crippen LogP contribution in [0.1, 0.15) is 22.4 Å². The van der Waals surface area contributed by atoms with Crippen molar-refractivity contribution in [2.45, 2.75) is 13.5 Å². The van der Waals surface area contributed by atoms with Crippen molar-refractivity contribution in [1.29, 1.82) is 5.41 Å². The van der Waals surface area contributed by atoms with Gasteiger partial charge in [0.1, 0.15) is 18.2 Å². The van der Waals surface area contributed by atoms with Crippen molar-refractivity contribution in [3.63, 3.8) is 0 Å². The first-order valence-electron chi connectivity index (χ1n) is 11.1. The zero-order valence-electron chi connectivity index (χ0n) is 19.1. The maximum atomic E-state index is 10.8. The predicted octanol–water partition coefficient (Wildman–Crippen LogP) is 3.95. The van der Waals surface area contributed by atoms with Crippen LogP contribution in [0.3, 0.4) is 0 Å². The molecule has 0 aliphatic carbocycles. The van der Waals surface area contributed by atoms with Gasteiger partial charge in [0.25, 0.3) is 0 Å². The Hall–Kier alpha value is -3.36. The molecule has 0 unspecified atom stereocenters. The molecule has 8 nitrogen and oxygen atoms in total. The van der Waals surface area contributed by atoms with Gasteiger partial charge in [-0.05, 0) is 37.3 Å². The second-order valence-electron chi connectivity index (χ2n) is 9.17. The normalized spacial score (nSPS) is 16.0. The average Bonchev–Trinajstić information content (AvgIpc) is 2.81. The number of hydrogen-bond donors (Lipinski definition) is 2. The molecule has 2 aromatic heterocycles. The number of nitrogens with zero attached hydrogens (tertiary/aromatic N) is 4. The van der Waals surface area contributed by atoms with Gasteiger partial charge in [-0.15, -0.1) is 0 Å². The van der Waals surface area contributed by atoms with Crippen molar-refractivity contribution in [2.75, 3.05) is 36.8 Å². The zero-order chi connectivity index (χ0) is 24.7. The summed E-state index contributed by atoms with van der Waals surface area (Å²) in [6.45, 7) is 5.37. The van der Waals surface area contributed by atoms with Gasteiger partial charge in [-0.1, -0.05) is 23.2 Å². The number of halogens is 2. The number of nitrogens with two attached hydrogens (primary N) is 1. The van der Waals surface area contributed by atoms with Gasteiger partial charge in [0, 0.05) is 66.4 Å². The van der Waals surface area contributed by atoms with Crippen LogP contribution in [0.4, 0.5) is 11.5 Å². The molecule has 2 fully saturated rings. The van der Waals surface area contributed by atoms with Crippen molar-refractivity contribution in [3.8, 4) is 5.75 Å². The largest absolute Gasteiger partial charge is 0.489 e. The van der Waals surface area contributed by atoms with E-state index >= 15 is 0 Å². The number of amides is 1. The monoisotopic (exact) mass is 510 g/mol. The Bertz CT molecular complexity index is 1300. The lowest BCUT2D eigenvalue weighted by molar-refractivity contribution is -0.130. The molecule has 2 saturated heterocycles. The van der Waals surface area contributed by atoms with Crippen LogP contribution in [-0.2, 0) is 11.4 Å². The molecule has 0 radical (unpaired) electrons. The van der Waals surface area contributed by atoms with Crippen LogP contribution < -0.4 is 15.4 Å². The molecule has 5 rings (SSSR count). The number of hydrogen-bond acceptors (Lipinski definition) is 7. The first kappa shape index (κ1) is 23.4. The summed E-state index contributed by atoms with van der Waals surface area (Å²) in [5.41, 5.74) is 9.65. The average molecular weight is 511 g/mol. The Balaban J connectivity index is 1.26. The van der Waals surface area contributed by atoms with Gasteiger partial charge in [-0.25, -0.2) is 4.98 Å². The third kappa shape index (κ3) is 4.39. The van der Waals surface area contributed by atoms with Crippen LogP contribution in [0, 0.1) is 17.7 Å². The number of nitrogens with one attached hydrogen (secondary N) is 1. The van der Waals surface area contributed by atoms with E-state index in [4.69, 9.17) is 39.1 Å². The van der Waals surface area contributed by atoms with Crippen LogP contribution in [0.25, 0.3) is 0 Å². The zero-order valence-corrected chi connectivity index (χ0v) is 20.6. The van der Waals surface area contributed by atoms with Crippen molar-refractivity contribution in [3.05, 3.63) is 75.2 Å². The maximum absolute atomic E-state index is 10.8. The first-order chi connectivity index (χ1) is 16.8. The minimum atomic E-state index is 0.163. The van der Waals surface area contributed by atoms with Gasteiger partial charge < -0.3 is 20.3 Å². The van der Waals surface area contributed by atoms with E-state index < -0.39 is 0 Å². The van der Waals surface area contributed by atoms with E-state index in [0.717, 1.165) is 38.4 Å². The van der Waals surface area contributed by atoms with Gasteiger partial charge in [-0.3, -0.25) is 15.2 Å². The van der Waals surface area contributed by atoms with Crippen LogP contribution in [0.15, 0.2) is 42.7 Å². The van der Waals surface area contributed by atoms with E-state index in [0.29, 0.717) is 43.9 Å². The molecule has 1 amide bonds. The molecule has 10 heteroatoms. The standard InChI is InChI=1S/C25H24Cl2N6O2/c1-15-23(27)19(20(26)8-30-15)9-35-17-3-4-21(28)18(6-17)24(29)16-2-5-22(31-7-16)33-12-25(13-33)10-32(11-25)14-34/h2-8,14,29H,9-13,28H2,1H3. The molecule has 35 heavy (non-hydrogen) atoms. The second-order valence-corrected chi connectivity index (χ2v) is 9.95. The second kappa shape index (κ2) is 9.02. The minimum Gasteiger partial charge on any atom is -0.489 e. The molecular formula is C25H24Cl2N6O2. The van der Waals surface area contributed by atoms with Crippen LogP contribution >= 0.6 is 23.2 Å². The van der Waals surface area contributed by atoms with Gasteiger partial charge >= 0.3 is 0 Å². The third-order valence-electron chi connectivity index (χ3n) is 6.56. The lowest BCUT2D eigenvalue weighted by Gasteiger charge is -2.59. The molecule has 3 aromatic rings. The Morgan fingerprint density at radius 3 is 2.63 bits per heavy atom. The number of benzene rings is 1. The molecule has 180 valence electrons. The summed E-state index contributed by atoms with van der Waals surface area (Å²) in [6, 6.07) is 8.98. The van der Waals surface area contributed by atoms with Gasteiger partial charge in [0.2, 0.25) is 6.41 Å². The summed E-state index contributed by atoms with van der Waals surface area (Å²) in [5.74, 6) is 1.41. The molecule has 0 saturated carbocycles. The number of nitrogen functional groups attached to an aromatic ring is 1. The summed E-state index contributed by atoms with van der Waals surface area (Å²) >= 11 is 12.6. The fourth-order valence-corrected chi connectivity index (χ4v) is 5.08. The van der Waals surface area contributed by atoms with Crippen molar-refractivity contribution in [1.82, 2.24) is 14.9 Å². The smallest absolute Gasteiger partial charge is 0.209 e. The quantitative estimate of drug-likeness (QED) is 0.283.